The van der Waals surface area contributed by atoms with Crippen molar-refractivity contribution in [3.8, 4) is 5.75 Å². The number of ether oxygens (including phenoxy) is 1. The summed E-state index contributed by atoms with van der Waals surface area (Å²) in [6.07, 6.45) is 4.19. The molecule has 0 spiro atoms. The van der Waals surface area contributed by atoms with E-state index in [1.54, 1.807) is 30.1 Å². The van der Waals surface area contributed by atoms with Gasteiger partial charge in [0.05, 0.1) is 17.7 Å². The third-order valence-corrected chi connectivity index (χ3v) is 5.32. The van der Waals surface area contributed by atoms with Crippen LogP contribution >= 0.6 is 0 Å². The molecule has 2 atom stereocenters. The molecule has 1 aliphatic rings. The van der Waals surface area contributed by atoms with E-state index in [2.05, 4.69) is 9.82 Å². The number of sulfonamides is 1. The highest BCUT2D eigenvalue weighted by Crippen LogP contribution is 2.47. The van der Waals surface area contributed by atoms with Gasteiger partial charge in [0, 0.05) is 19.2 Å². The van der Waals surface area contributed by atoms with Crippen LogP contribution < -0.4 is 9.46 Å². The highest BCUT2D eigenvalue weighted by atomic mass is 32.2. The van der Waals surface area contributed by atoms with E-state index in [4.69, 9.17) is 4.74 Å². The van der Waals surface area contributed by atoms with Crippen LogP contribution in [-0.2, 0) is 21.9 Å². The van der Waals surface area contributed by atoms with Crippen molar-refractivity contribution in [3.05, 3.63) is 42.2 Å². The Morgan fingerprint density at radius 2 is 2.08 bits per heavy atom. The lowest BCUT2D eigenvalue weighted by Gasteiger charge is -2.08. The average Bonchev–Trinajstić information content (AvgIpc) is 3.23. The highest BCUT2D eigenvalue weighted by molar-refractivity contribution is 7.90. The number of aromatic nitrogens is 2. The van der Waals surface area contributed by atoms with E-state index in [9.17, 15) is 13.2 Å². The van der Waals surface area contributed by atoms with Gasteiger partial charge in [-0.05, 0) is 49.1 Å². The first-order valence-electron chi connectivity index (χ1n) is 7.69. The van der Waals surface area contributed by atoms with Gasteiger partial charge in [0.2, 0.25) is 5.91 Å². The number of benzene rings is 1. The predicted molar refractivity (Wildman–Crippen MR) is 87.0 cm³/mol. The summed E-state index contributed by atoms with van der Waals surface area (Å²) < 4.78 is 33.7. The molecule has 0 radical (unpaired) electrons. The van der Waals surface area contributed by atoms with E-state index in [1.165, 1.54) is 12.1 Å². The number of amides is 1. The number of carbonyl (C=O) groups excluding carboxylic acids is 1. The smallest absolute Gasteiger partial charge is 0.264 e. The van der Waals surface area contributed by atoms with Gasteiger partial charge in [0.15, 0.2) is 0 Å². The lowest BCUT2D eigenvalue weighted by molar-refractivity contribution is -0.120. The van der Waals surface area contributed by atoms with E-state index in [0.717, 1.165) is 5.56 Å². The Morgan fingerprint density at radius 3 is 2.67 bits per heavy atom. The Labute approximate surface area is 140 Å². The number of hydrogen-bond acceptors (Lipinski definition) is 5. The van der Waals surface area contributed by atoms with E-state index in [-0.39, 0.29) is 16.7 Å². The molecule has 0 aliphatic heterocycles. The fraction of sp³-hybridized carbons (Fsp3) is 0.375. The fourth-order valence-electron chi connectivity index (χ4n) is 2.63. The van der Waals surface area contributed by atoms with Crippen LogP contribution in [0, 0.1) is 5.92 Å². The molecule has 3 rings (SSSR count). The van der Waals surface area contributed by atoms with Crippen molar-refractivity contribution in [3.63, 3.8) is 0 Å². The molecule has 0 bridgehead atoms. The summed E-state index contributed by atoms with van der Waals surface area (Å²) in [5, 5.41) is 4.07. The maximum absolute atomic E-state index is 12.3. The molecule has 0 saturated heterocycles. The zero-order valence-corrected chi connectivity index (χ0v) is 14.3. The third kappa shape index (κ3) is 3.43. The van der Waals surface area contributed by atoms with Gasteiger partial charge >= 0.3 is 0 Å². The van der Waals surface area contributed by atoms with Crippen LogP contribution in [0.5, 0.6) is 5.75 Å². The first kappa shape index (κ1) is 16.5. The van der Waals surface area contributed by atoms with E-state index >= 15 is 0 Å². The minimum Gasteiger partial charge on any atom is -0.494 e. The highest BCUT2D eigenvalue weighted by Gasteiger charge is 2.45. The number of rotatable bonds is 6. The molecule has 2 aromatic rings. The van der Waals surface area contributed by atoms with Crippen LogP contribution in [0.15, 0.2) is 41.6 Å². The summed E-state index contributed by atoms with van der Waals surface area (Å²) in [5.74, 6) is -0.180. The molecule has 128 valence electrons. The predicted octanol–water partition coefficient (Wildman–Crippen LogP) is 1.43. The maximum atomic E-state index is 12.3. The monoisotopic (exact) mass is 349 g/mol. The van der Waals surface area contributed by atoms with E-state index in [0.29, 0.717) is 18.8 Å². The Morgan fingerprint density at radius 1 is 1.38 bits per heavy atom. The minimum atomic E-state index is -3.87. The van der Waals surface area contributed by atoms with Crippen molar-refractivity contribution in [1.82, 2.24) is 14.5 Å². The molecule has 1 aromatic heterocycles. The zero-order valence-electron chi connectivity index (χ0n) is 13.5. The van der Waals surface area contributed by atoms with Crippen molar-refractivity contribution in [2.45, 2.75) is 24.2 Å². The Bertz CT molecular complexity index is 842. The summed E-state index contributed by atoms with van der Waals surface area (Å²) in [4.78, 5) is 12.3. The second-order valence-corrected chi connectivity index (χ2v) is 7.45. The van der Waals surface area contributed by atoms with Gasteiger partial charge in [0.1, 0.15) is 5.75 Å². The Balaban J connectivity index is 1.65. The molecule has 1 aromatic carbocycles. The van der Waals surface area contributed by atoms with Crippen LogP contribution in [0.4, 0.5) is 0 Å². The van der Waals surface area contributed by atoms with Crippen LogP contribution in [0.2, 0.25) is 0 Å². The van der Waals surface area contributed by atoms with Crippen molar-refractivity contribution in [2.75, 3.05) is 6.61 Å². The number of aryl methyl sites for hydroxylation is 1. The molecule has 1 heterocycles. The van der Waals surface area contributed by atoms with Crippen molar-refractivity contribution < 1.29 is 17.9 Å². The van der Waals surface area contributed by atoms with Gasteiger partial charge in [-0.2, -0.15) is 5.10 Å². The molecule has 0 unspecified atom stereocenters. The molecule has 24 heavy (non-hydrogen) atoms. The molecule has 1 aliphatic carbocycles. The first-order valence-corrected chi connectivity index (χ1v) is 9.17. The van der Waals surface area contributed by atoms with E-state index < -0.39 is 15.9 Å². The number of carbonyl (C=O) groups is 1. The van der Waals surface area contributed by atoms with E-state index in [1.807, 2.05) is 13.1 Å². The molecular weight excluding hydrogens is 330 g/mol. The molecule has 8 heteroatoms. The van der Waals surface area contributed by atoms with Gasteiger partial charge in [-0.15, -0.1) is 0 Å². The normalized spacial score (nSPS) is 19.8. The summed E-state index contributed by atoms with van der Waals surface area (Å²) in [6, 6.07) is 5.98. The molecular formula is C16H19N3O4S. The summed E-state index contributed by atoms with van der Waals surface area (Å²) in [6.45, 7) is 2.35. The Hall–Kier alpha value is -2.35. The quantitative estimate of drug-likeness (QED) is 0.852. The summed E-state index contributed by atoms with van der Waals surface area (Å²) in [5.41, 5.74) is 0.955. The van der Waals surface area contributed by atoms with Gasteiger partial charge in [-0.3, -0.25) is 9.48 Å². The average molecular weight is 349 g/mol. The first-order chi connectivity index (χ1) is 11.4. The largest absolute Gasteiger partial charge is 0.494 e. The lowest BCUT2D eigenvalue weighted by atomic mass is 10.2. The molecule has 1 N–H and O–H groups in total. The van der Waals surface area contributed by atoms with Gasteiger partial charge in [-0.25, -0.2) is 13.1 Å². The molecule has 1 saturated carbocycles. The second-order valence-electron chi connectivity index (χ2n) is 5.77. The van der Waals surface area contributed by atoms with Gasteiger partial charge in [-0.1, -0.05) is 0 Å². The standard InChI is InChI=1S/C16H19N3O4S/c1-3-23-12-4-6-13(7-5-12)24(21,22)18-16(20)15-8-14(15)11-9-17-19(2)10-11/h4-7,9-10,14-15H,3,8H2,1-2H3,(H,18,20)/t14-,15+/m0/s1. The minimum absolute atomic E-state index is 0.0363. The van der Waals surface area contributed by atoms with Crippen LogP contribution in [0.1, 0.15) is 24.8 Å². The molecule has 1 fully saturated rings. The summed E-state index contributed by atoms with van der Waals surface area (Å²) >= 11 is 0. The van der Waals surface area contributed by atoms with Crippen LogP contribution in [-0.4, -0.2) is 30.7 Å². The van der Waals surface area contributed by atoms with Crippen molar-refractivity contribution in [2.24, 2.45) is 13.0 Å². The number of hydrogen-bond donors (Lipinski definition) is 1. The summed E-state index contributed by atoms with van der Waals surface area (Å²) in [7, 11) is -2.07. The van der Waals surface area contributed by atoms with Gasteiger partial charge < -0.3 is 4.74 Å². The van der Waals surface area contributed by atoms with Crippen LogP contribution in [0.3, 0.4) is 0 Å². The number of nitrogens with one attached hydrogen (secondary N) is 1. The zero-order chi connectivity index (χ0) is 17.3. The van der Waals surface area contributed by atoms with Crippen molar-refractivity contribution >= 4 is 15.9 Å². The second kappa shape index (κ2) is 6.27. The fourth-order valence-corrected chi connectivity index (χ4v) is 3.66. The molecule has 1 amide bonds. The Kier molecular flexibility index (Phi) is 4.31. The van der Waals surface area contributed by atoms with Gasteiger partial charge in [0.25, 0.3) is 10.0 Å². The topological polar surface area (TPSA) is 90.3 Å². The lowest BCUT2D eigenvalue weighted by Crippen LogP contribution is -2.32. The third-order valence-electron chi connectivity index (χ3n) is 3.96. The van der Waals surface area contributed by atoms with Crippen molar-refractivity contribution in [1.29, 1.82) is 0 Å². The number of nitrogens with zero attached hydrogens (tertiary/aromatic N) is 2. The maximum Gasteiger partial charge on any atom is 0.264 e. The van der Waals surface area contributed by atoms with Crippen LogP contribution in [0.25, 0.3) is 0 Å². The molecule has 7 nitrogen and oxygen atoms in total. The SMILES string of the molecule is CCOc1ccc(S(=O)(=O)NC(=O)[C@@H]2C[C@H]2c2cnn(C)c2)cc1.